The molecule has 1 aromatic heterocycles. The number of para-hydroxylation sites is 1. The molecule has 0 aliphatic rings. The molecule has 5 heteroatoms. The summed E-state index contributed by atoms with van der Waals surface area (Å²) in [6.45, 7) is 0.856. The maximum atomic E-state index is 12.5. The summed E-state index contributed by atoms with van der Waals surface area (Å²) in [7, 11) is 1.77. The van der Waals surface area contributed by atoms with Crippen LogP contribution in [0.5, 0.6) is 5.75 Å². The van der Waals surface area contributed by atoms with Crippen molar-refractivity contribution in [1.29, 1.82) is 0 Å². The van der Waals surface area contributed by atoms with Gasteiger partial charge in [0.1, 0.15) is 17.3 Å². The Labute approximate surface area is 116 Å². The van der Waals surface area contributed by atoms with Gasteiger partial charge >= 0.3 is 6.61 Å². The summed E-state index contributed by atoms with van der Waals surface area (Å²) in [6, 6.07) is 8.40. The fourth-order valence-corrected chi connectivity index (χ4v) is 2.34. The topological polar surface area (TPSA) is 34.4 Å². The van der Waals surface area contributed by atoms with Crippen molar-refractivity contribution in [3.05, 3.63) is 53.0 Å². The second-order valence-electron chi connectivity index (χ2n) is 4.51. The van der Waals surface area contributed by atoms with Gasteiger partial charge in [-0.15, -0.1) is 0 Å². The Morgan fingerprint density at radius 2 is 1.85 bits per heavy atom. The lowest BCUT2D eigenvalue weighted by Gasteiger charge is -2.19. The van der Waals surface area contributed by atoms with Crippen molar-refractivity contribution in [3.8, 4) is 5.75 Å². The van der Waals surface area contributed by atoms with E-state index in [4.69, 9.17) is 4.42 Å². The van der Waals surface area contributed by atoms with Gasteiger partial charge in [-0.3, -0.25) is 0 Å². The zero-order valence-electron chi connectivity index (χ0n) is 11.6. The summed E-state index contributed by atoms with van der Waals surface area (Å²) in [6.07, 6.45) is 0. The van der Waals surface area contributed by atoms with Crippen LogP contribution in [0.2, 0.25) is 0 Å². The lowest BCUT2D eigenvalue weighted by atomic mass is 9.98. The number of alkyl halides is 2. The zero-order valence-corrected chi connectivity index (χ0v) is 11.6. The largest absolute Gasteiger partial charge is 0.466 e. The summed E-state index contributed by atoms with van der Waals surface area (Å²) in [5.41, 5.74) is 1.56. The van der Waals surface area contributed by atoms with Crippen LogP contribution >= 0.6 is 0 Å². The molecule has 1 heterocycles. The van der Waals surface area contributed by atoms with Crippen molar-refractivity contribution < 1.29 is 17.9 Å². The SMILES string of the molecule is CNC(c1ccccc1OC(F)F)c1cc(C)oc1C. The van der Waals surface area contributed by atoms with Gasteiger partial charge in [0.2, 0.25) is 0 Å². The molecule has 1 aromatic carbocycles. The molecule has 2 aromatic rings. The third-order valence-corrected chi connectivity index (χ3v) is 3.13. The molecule has 1 unspecified atom stereocenters. The Bertz CT molecular complexity index is 581. The van der Waals surface area contributed by atoms with Gasteiger partial charge in [0.25, 0.3) is 0 Å². The van der Waals surface area contributed by atoms with E-state index in [1.807, 2.05) is 19.9 Å². The van der Waals surface area contributed by atoms with Gasteiger partial charge in [0.15, 0.2) is 0 Å². The van der Waals surface area contributed by atoms with Gasteiger partial charge in [-0.1, -0.05) is 18.2 Å². The minimum Gasteiger partial charge on any atom is -0.466 e. The average molecular weight is 281 g/mol. The van der Waals surface area contributed by atoms with Gasteiger partial charge in [0, 0.05) is 11.1 Å². The van der Waals surface area contributed by atoms with Crippen molar-refractivity contribution in [2.75, 3.05) is 7.05 Å². The molecule has 0 saturated carbocycles. The Hall–Kier alpha value is -1.88. The van der Waals surface area contributed by atoms with E-state index in [0.717, 1.165) is 17.1 Å². The Morgan fingerprint density at radius 1 is 1.15 bits per heavy atom. The van der Waals surface area contributed by atoms with E-state index in [9.17, 15) is 8.78 Å². The van der Waals surface area contributed by atoms with Crippen LogP contribution in [0.15, 0.2) is 34.7 Å². The lowest BCUT2D eigenvalue weighted by Crippen LogP contribution is -2.19. The highest BCUT2D eigenvalue weighted by molar-refractivity contribution is 5.42. The normalized spacial score (nSPS) is 12.7. The van der Waals surface area contributed by atoms with E-state index in [2.05, 4.69) is 10.1 Å². The summed E-state index contributed by atoms with van der Waals surface area (Å²) in [5.74, 6) is 1.71. The van der Waals surface area contributed by atoms with Crippen molar-refractivity contribution in [2.45, 2.75) is 26.5 Å². The molecule has 1 atom stereocenters. The minimum atomic E-state index is -2.85. The number of halogens is 2. The summed E-state index contributed by atoms with van der Waals surface area (Å²) >= 11 is 0. The van der Waals surface area contributed by atoms with Crippen molar-refractivity contribution in [2.24, 2.45) is 0 Å². The summed E-state index contributed by atoms with van der Waals surface area (Å²) in [5, 5.41) is 3.12. The van der Waals surface area contributed by atoms with Gasteiger partial charge in [-0.05, 0) is 33.0 Å². The molecule has 20 heavy (non-hydrogen) atoms. The van der Waals surface area contributed by atoms with Crippen LogP contribution in [0.25, 0.3) is 0 Å². The first-order valence-corrected chi connectivity index (χ1v) is 6.31. The fraction of sp³-hybridized carbons (Fsp3) is 0.333. The number of benzene rings is 1. The van der Waals surface area contributed by atoms with Crippen LogP contribution in [0.3, 0.4) is 0 Å². The Balaban J connectivity index is 2.44. The van der Waals surface area contributed by atoms with E-state index in [1.54, 1.807) is 25.2 Å². The summed E-state index contributed by atoms with van der Waals surface area (Å²) in [4.78, 5) is 0. The van der Waals surface area contributed by atoms with Gasteiger partial charge < -0.3 is 14.5 Å². The van der Waals surface area contributed by atoms with E-state index in [0.29, 0.717) is 5.56 Å². The smallest absolute Gasteiger partial charge is 0.387 e. The first kappa shape index (κ1) is 14.5. The van der Waals surface area contributed by atoms with Crippen molar-refractivity contribution in [1.82, 2.24) is 5.32 Å². The van der Waals surface area contributed by atoms with E-state index >= 15 is 0 Å². The molecule has 3 nitrogen and oxygen atoms in total. The minimum absolute atomic E-state index is 0.167. The highest BCUT2D eigenvalue weighted by Gasteiger charge is 2.22. The van der Waals surface area contributed by atoms with E-state index < -0.39 is 6.61 Å². The standard InChI is InChI=1S/C15H17F2NO2/c1-9-8-12(10(2)19-9)14(18-3)11-6-4-5-7-13(11)20-15(16)17/h4-8,14-15,18H,1-3H3. The molecular formula is C15H17F2NO2. The molecule has 108 valence electrons. The number of rotatable bonds is 5. The lowest BCUT2D eigenvalue weighted by molar-refractivity contribution is -0.0506. The Kier molecular flexibility index (Phi) is 4.39. The molecule has 0 fully saturated rings. The highest BCUT2D eigenvalue weighted by atomic mass is 19.3. The third-order valence-electron chi connectivity index (χ3n) is 3.13. The maximum Gasteiger partial charge on any atom is 0.387 e. The number of aryl methyl sites for hydroxylation is 2. The average Bonchev–Trinajstić information content (AvgIpc) is 2.71. The number of furan rings is 1. The molecule has 0 aliphatic heterocycles. The Morgan fingerprint density at radius 3 is 2.40 bits per heavy atom. The second-order valence-corrected chi connectivity index (χ2v) is 4.51. The van der Waals surface area contributed by atoms with Crippen molar-refractivity contribution >= 4 is 0 Å². The van der Waals surface area contributed by atoms with Crippen molar-refractivity contribution in [3.63, 3.8) is 0 Å². The molecule has 0 spiro atoms. The zero-order chi connectivity index (χ0) is 14.7. The molecule has 0 aliphatic carbocycles. The fourth-order valence-electron chi connectivity index (χ4n) is 2.34. The monoisotopic (exact) mass is 281 g/mol. The second kappa shape index (κ2) is 6.05. The highest BCUT2D eigenvalue weighted by Crippen LogP contribution is 2.33. The van der Waals surface area contributed by atoms with E-state index in [1.165, 1.54) is 6.07 Å². The predicted molar refractivity (Wildman–Crippen MR) is 72.2 cm³/mol. The molecule has 0 amide bonds. The number of hydrogen-bond acceptors (Lipinski definition) is 3. The molecule has 0 bridgehead atoms. The number of nitrogens with one attached hydrogen (secondary N) is 1. The summed E-state index contributed by atoms with van der Waals surface area (Å²) < 4.78 is 35.1. The van der Waals surface area contributed by atoms with Gasteiger partial charge in [-0.25, -0.2) is 0 Å². The predicted octanol–water partition coefficient (Wildman–Crippen LogP) is 3.81. The maximum absolute atomic E-state index is 12.5. The van der Waals surface area contributed by atoms with Gasteiger partial charge in [-0.2, -0.15) is 8.78 Å². The third kappa shape index (κ3) is 2.99. The van der Waals surface area contributed by atoms with Crippen LogP contribution < -0.4 is 10.1 Å². The first-order valence-electron chi connectivity index (χ1n) is 6.31. The molecule has 0 saturated heterocycles. The van der Waals surface area contributed by atoms with Crippen LogP contribution in [0.4, 0.5) is 8.78 Å². The number of ether oxygens (including phenoxy) is 1. The molecular weight excluding hydrogens is 264 g/mol. The van der Waals surface area contributed by atoms with Crippen LogP contribution in [-0.4, -0.2) is 13.7 Å². The molecule has 1 N–H and O–H groups in total. The van der Waals surface area contributed by atoms with E-state index in [-0.39, 0.29) is 11.8 Å². The molecule has 0 radical (unpaired) electrons. The van der Waals surface area contributed by atoms with Crippen LogP contribution in [-0.2, 0) is 0 Å². The quantitative estimate of drug-likeness (QED) is 0.905. The van der Waals surface area contributed by atoms with Gasteiger partial charge in [0.05, 0.1) is 6.04 Å². The van der Waals surface area contributed by atoms with Crippen LogP contribution in [0, 0.1) is 13.8 Å². The first-order chi connectivity index (χ1) is 9.52. The van der Waals surface area contributed by atoms with Crippen LogP contribution in [0.1, 0.15) is 28.7 Å². The number of hydrogen-bond donors (Lipinski definition) is 1. The molecule has 2 rings (SSSR count).